The van der Waals surface area contributed by atoms with Gasteiger partial charge in [0, 0.05) is 25.2 Å². The lowest BCUT2D eigenvalue weighted by atomic mass is 9.97. The molecule has 2 aromatic rings. The maximum atomic E-state index is 13.0. The van der Waals surface area contributed by atoms with Crippen molar-refractivity contribution in [2.24, 2.45) is 0 Å². The minimum Gasteiger partial charge on any atom is -0.334 e. The van der Waals surface area contributed by atoms with Crippen LogP contribution in [-0.2, 0) is 29.4 Å². The first-order valence-corrected chi connectivity index (χ1v) is 10.7. The average molecular weight is 370 g/mol. The molecule has 2 aliphatic heterocycles. The van der Waals surface area contributed by atoms with E-state index in [2.05, 4.69) is 12.1 Å². The molecule has 2 heterocycles. The second kappa shape index (κ2) is 6.43. The van der Waals surface area contributed by atoms with Gasteiger partial charge in [-0.2, -0.15) is 0 Å². The standard InChI is InChI=1S/C20H22N2O3S/c1-26(24,25)22-11-4-7-16-13-17(8-9-19(16)22)20(23)21-12-10-15-5-2-3-6-18(15)14-21/h2-3,5-6,8-9,13H,4,7,10-12,14H2,1H3. The molecule has 0 saturated carbocycles. The highest BCUT2D eigenvalue weighted by Gasteiger charge is 2.26. The van der Waals surface area contributed by atoms with Crippen LogP contribution in [0.5, 0.6) is 0 Å². The molecule has 0 bridgehead atoms. The molecular weight excluding hydrogens is 348 g/mol. The van der Waals surface area contributed by atoms with Crippen LogP contribution in [0, 0.1) is 0 Å². The van der Waals surface area contributed by atoms with Crippen molar-refractivity contribution in [3.63, 3.8) is 0 Å². The summed E-state index contributed by atoms with van der Waals surface area (Å²) in [5, 5.41) is 0. The van der Waals surface area contributed by atoms with Gasteiger partial charge in [-0.3, -0.25) is 9.10 Å². The summed E-state index contributed by atoms with van der Waals surface area (Å²) >= 11 is 0. The second-order valence-corrected chi connectivity index (χ2v) is 8.93. The topological polar surface area (TPSA) is 57.7 Å². The molecule has 6 heteroatoms. The van der Waals surface area contributed by atoms with Crippen molar-refractivity contribution in [1.82, 2.24) is 4.90 Å². The highest BCUT2D eigenvalue weighted by molar-refractivity contribution is 7.92. The lowest BCUT2D eigenvalue weighted by Crippen LogP contribution is -2.37. The molecule has 0 aliphatic carbocycles. The number of aryl methyl sites for hydroxylation is 1. The average Bonchev–Trinajstić information content (AvgIpc) is 2.65. The van der Waals surface area contributed by atoms with E-state index in [9.17, 15) is 13.2 Å². The second-order valence-electron chi connectivity index (χ2n) is 7.03. The molecule has 0 fully saturated rings. The first-order chi connectivity index (χ1) is 12.4. The smallest absolute Gasteiger partial charge is 0.254 e. The molecule has 0 spiro atoms. The van der Waals surface area contributed by atoms with Crippen molar-refractivity contribution >= 4 is 21.6 Å². The summed E-state index contributed by atoms with van der Waals surface area (Å²) in [5.41, 5.74) is 4.79. The normalized spacial score (nSPS) is 16.8. The molecule has 0 atom stereocenters. The van der Waals surface area contributed by atoms with E-state index < -0.39 is 10.0 Å². The van der Waals surface area contributed by atoms with Crippen LogP contribution in [0.1, 0.15) is 33.5 Å². The number of rotatable bonds is 2. The predicted molar refractivity (Wildman–Crippen MR) is 102 cm³/mol. The van der Waals surface area contributed by atoms with Crippen LogP contribution >= 0.6 is 0 Å². The molecule has 2 aromatic carbocycles. The van der Waals surface area contributed by atoms with E-state index >= 15 is 0 Å². The van der Waals surface area contributed by atoms with E-state index in [1.54, 1.807) is 12.1 Å². The summed E-state index contributed by atoms with van der Waals surface area (Å²) in [5.74, 6) is 0.0128. The minimum absolute atomic E-state index is 0.0128. The number of carbonyl (C=O) groups is 1. The predicted octanol–water partition coefficient (Wildman–Crippen LogP) is 2.60. The Kier molecular flexibility index (Phi) is 4.23. The van der Waals surface area contributed by atoms with Gasteiger partial charge in [0.2, 0.25) is 10.0 Å². The molecule has 136 valence electrons. The third-order valence-electron chi connectivity index (χ3n) is 5.22. The Morgan fingerprint density at radius 3 is 2.50 bits per heavy atom. The van der Waals surface area contributed by atoms with Crippen molar-refractivity contribution in [1.29, 1.82) is 0 Å². The number of anilines is 1. The Labute approximate surface area is 154 Å². The quantitative estimate of drug-likeness (QED) is 0.816. The number of amides is 1. The fourth-order valence-electron chi connectivity index (χ4n) is 3.89. The highest BCUT2D eigenvalue weighted by atomic mass is 32.2. The summed E-state index contributed by atoms with van der Waals surface area (Å²) in [6, 6.07) is 13.6. The van der Waals surface area contributed by atoms with Crippen LogP contribution < -0.4 is 4.31 Å². The molecule has 4 rings (SSSR count). The Morgan fingerprint density at radius 1 is 0.962 bits per heavy atom. The fraction of sp³-hybridized carbons (Fsp3) is 0.350. The van der Waals surface area contributed by atoms with Gasteiger partial charge in [0.15, 0.2) is 0 Å². The molecule has 0 unspecified atom stereocenters. The van der Waals surface area contributed by atoms with Gasteiger partial charge in [0.1, 0.15) is 0 Å². The lowest BCUT2D eigenvalue weighted by Gasteiger charge is -2.31. The Hall–Kier alpha value is -2.34. The van der Waals surface area contributed by atoms with E-state index in [-0.39, 0.29) is 5.91 Å². The van der Waals surface area contributed by atoms with Crippen molar-refractivity contribution in [3.8, 4) is 0 Å². The van der Waals surface area contributed by atoms with Gasteiger partial charge in [-0.05, 0) is 54.2 Å². The van der Waals surface area contributed by atoms with E-state index in [4.69, 9.17) is 0 Å². The van der Waals surface area contributed by atoms with E-state index in [0.717, 1.165) is 24.8 Å². The summed E-state index contributed by atoms with van der Waals surface area (Å²) in [7, 11) is -3.29. The van der Waals surface area contributed by atoms with Gasteiger partial charge < -0.3 is 4.90 Å². The van der Waals surface area contributed by atoms with Crippen LogP contribution in [0.2, 0.25) is 0 Å². The van der Waals surface area contributed by atoms with E-state index in [1.807, 2.05) is 23.1 Å². The Balaban J connectivity index is 1.60. The van der Waals surface area contributed by atoms with Crippen LogP contribution in [0.4, 0.5) is 5.69 Å². The minimum atomic E-state index is -3.29. The third-order valence-corrected chi connectivity index (χ3v) is 6.40. The summed E-state index contributed by atoms with van der Waals surface area (Å²) in [6.45, 7) is 1.84. The number of hydrogen-bond acceptors (Lipinski definition) is 3. The van der Waals surface area contributed by atoms with Crippen molar-refractivity contribution in [2.75, 3.05) is 23.7 Å². The summed E-state index contributed by atoms with van der Waals surface area (Å²) < 4.78 is 25.4. The zero-order chi connectivity index (χ0) is 18.3. The first kappa shape index (κ1) is 17.1. The van der Waals surface area contributed by atoms with E-state index in [0.29, 0.717) is 30.9 Å². The number of hydrogen-bond donors (Lipinski definition) is 0. The van der Waals surface area contributed by atoms with Crippen molar-refractivity contribution in [3.05, 3.63) is 64.7 Å². The Bertz CT molecular complexity index is 969. The van der Waals surface area contributed by atoms with Crippen LogP contribution in [0.3, 0.4) is 0 Å². The fourth-order valence-corrected chi connectivity index (χ4v) is 4.89. The van der Waals surface area contributed by atoms with Gasteiger partial charge >= 0.3 is 0 Å². The number of nitrogens with zero attached hydrogens (tertiary/aromatic N) is 2. The molecule has 0 N–H and O–H groups in total. The third kappa shape index (κ3) is 3.09. The SMILES string of the molecule is CS(=O)(=O)N1CCCc2cc(C(=O)N3CCc4ccccc4C3)ccc21. The van der Waals surface area contributed by atoms with Crippen LogP contribution in [-0.4, -0.2) is 38.6 Å². The van der Waals surface area contributed by atoms with Gasteiger partial charge in [-0.25, -0.2) is 8.42 Å². The molecule has 0 saturated heterocycles. The van der Waals surface area contributed by atoms with Gasteiger partial charge in [0.25, 0.3) is 5.91 Å². The molecule has 1 amide bonds. The highest BCUT2D eigenvalue weighted by Crippen LogP contribution is 2.30. The van der Waals surface area contributed by atoms with Crippen LogP contribution in [0.25, 0.3) is 0 Å². The monoisotopic (exact) mass is 370 g/mol. The number of carbonyl (C=O) groups excluding carboxylic acids is 1. The summed E-state index contributed by atoms with van der Waals surface area (Å²) in [6.07, 6.45) is 3.67. The molecule has 26 heavy (non-hydrogen) atoms. The first-order valence-electron chi connectivity index (χ1n) is 8.90. The van der Waals surface area contributed by atoms with Gasteiger partial charge in [-0.1, -0.05) is 24.3 Å². The van der Waals surface area contributed by atoms with E-state index in [1.165, 1.54) is 21.7 Å². The molecule has 0 radical (unpaired) electrons. The zero-order valence-corrected chi connectivity index (χ0v) is 15.6. The maximum Gasteiger partial charge on any atom is 0.254 e. The maximum absolute atomic E-state index is 13.0. The van der Waals surface area contributed by atoms with Crippen molar-refractivity contribution < 1.29 is 13.2 Å². The van der Waals surface area contributed by atoms with Gasteiger partial charge in [0.05, 0.1) is 11.9 Å². The lowest BCUT2D eigenvalue weighted by molar-refractivity contribution is 0.0734. The number of fused-ring (bicyclic) bond motifs is 2. The number of benzene rings is 2. The number of sulfonamides is 1. The van der Waals surface area contributed by atoms with Crippen molar-refractivity contribution in [2.45, 2.75) is 25.8 Å². The zero-order valence-electron chi connectivity index (χ0n) is 14.8. The summed E-state index contributed by atoms with van der Waals surface area (Å²) in [4.78, 5) is 14.8. The van der Waals surface area contributed by atoms with Crippen LogP contribution in [0.15, 0.2) is 42.5 Å². The largest absolute Gasteiger partial charge is 0.334 e. The molecule has 5 nitrogen and oxygen atoms in total. The molecule has 2 aliphatic rings. The molecule has 0 aromatic heterocycles. The van der Waals surface area contributed by atoms with Gasteiger partial charge in [-0.15, -0.1) is 0 Å². The Morgan fingerprint density at radius 2 is 1.73 bits per heavy atom. The molecular formula is C20H22N2O3S.